The van der Waals surface area contributed by atoms with Gasteiger partial charge < -0.3 is 19.7 Å². The van der Waals surface area contributed by atoms with Gasteiger partial charge in [0.1, 0.15) is 0 Å². The van der Waals surface area contributed by atoms with Crippen LogP contribution in [-0.4, -0.2) is 43.8 Å². The number of hydrogen-bond acceptors (Lipinski definition) is 4. The monoisotopic (exact) mass is 288 g/mol. The number of amides is 1. The van der Waals surface area contributed by atoms with Crippen LogP contribution in [0.4, 0.5) is 0 Å². The Hall–Kier alpha value is -1.75. The highest BCUT2D eigenvalue weighted by Gasteiger charge is 2.32. The van der Waals surface area contributed by atoms with E-state index in [1.165, 1.54) is 6.42 Å². The van der Waals surface area contributed by atoms with Gasteiger partial charge in [-0.25, -0.2) is 0 Å². The standard InChI is InChI=1S/C16H20N2O3/c19-16(18-8-12-3-13(9-18)7-17-6-12)5-11-1-2-14-15(4-11)21-10-20-14/h1-2,4,12-13,17H,3,5-10H2/t12-,13+. The number of rotatable bonds is 2. The van der Waals surface area contributed by atoms with Gasteiger partial charge in [0, 0.05) is 13.1 Å². The van der Waals surface area contributed by atoms with Gasteiger partial charge in [-0.2, -0.15) is 0 Å². The Morgan fingerprint density at radius 1 is 1.19 bits per heavy atom. The third-order valence-electron chi connectivity index (χ3n) is 4.63. The van der Waals surface area contributed by atoms with Gasteiger partial charge in [-0.05, 0) is 49.0 Å². The third-order valence-corrected chi connectivity index (χ3v) is 4.63. The molecule has 0 aromatic heterocycles. The molecule has 0 aliphatic carbocycles. The number of piperidine rings is 2. The molecule has 3 aliphatic rings. The van der Waals surface area contributed by atoms with E-state index in [9.17, 15) is 4.79 Å². The molecule has 2 bridgehead atoms. The molecule has 5 nitrogen and oxygen atoms in total. The van der Waals surface area contributed by atoms with Crippen molar-refractivity contribution < 1.29 is 14.3 Å². The fourth-order valence-corrected chi connectivity index (χ4v) is 3.65. The lowest BCUT2D eigenvalue weighted by molar-refractivity contribution is -0.133. The van der Waals surface area contributed by atoms with Crippen molar-refractivity contribution >= 4 is 5.91 Å². The lowest BCUT2D eigenvalue weighted by atomic mass is 9.85. The van der Waals surface area contributed by atoms with E-state index < -0.39 is 0 Å². The van der Waals surface area contributed by atoms with Crippen LogP contribution in [0.2, 0.25) is 0 Å². The van der Waals surface area contributed by atoms with Gasteiger partial charge in [-0.3, -0.25) is 4.79 Å². The fourth-order valence-electron chi connectivity index (χ4n) is 3.65. The Balaban J connectivity index is 1.43. The van der Waals surface area contributed by atoms with Gasteiger partial charge in [0.15, 0.2) is 11.5 Å². The second-order valence-corrected chi connectivity index (χ2v) is 6.29. The maximum atomic E-state index is 12.5. The summed E-state index contributed by atoms with van der Waals surface area (Å²) < 4.78 is 10.7. The zero-order valence-corrected chi connectivity index (χ0v) is 12.0. The van der Waals surface area contributed by atoms with Crippen molar-refractivity contribution in [3.63, 3.8) is 0 Å². The molecule has 2 atom stereocenters. The van der Waals surface area contributed by atoms with Gasteiger partial charge in [0.25, 0.3) is 0 Å². The number of fused-ring (bicyclic) bond motifs is 3. The summed E-state index contributed by atoms with van der Waals surface area (Å²) in [6, 6.07) is 5.77. The highest BCUT2D eigenvalue weighted by atomic mass is 16.7. The van der Waals surface area contributed by atoms with Crippen LogP contribution in [0.1, 0.15) is 12.0 Å². The molecule has 1 amide bonds. The minimum atomic E-state index is 0.227. The van der Waals surface area contributed by atoms with Crippen molar-refractivity contribution in [2.45, 2.75) is 12.8 Å². The lowest BCUT2D eigenvalue weighted by Gasteiger charge is -2.41. The molecule has 5 heteroatoms. The molecule has 0 unspecified atom stereocenters. The quantitative estimate of drug-likeness (QED) is 0.883. The van der Waals surface area contributed by atoms with Gasteiger partial charge in [0.05, 0.1) is 6.42 Å². The molecule has 2 fully saturated rings. The summed E-state index contributed by atoms with van der Waals surface area (Å²) in [5.41, 5.74) is 0.998. The Bertz CT molecular complexity index is 548. The van der Waals surface area contributed by atoms with Gasteiger partial charge in [-0.15, -0.1) is 0 Å². The van der Waals surface area contributed by atoms with Crippen LogP contribution in [0.15, 0.2) is 18.2 Å². The molecule has 1 N–H and O–H groups in total. The number of carbonyl (C=O) groups is 1. The Kier molecular flexibility index (Phi) is 3.22. The van der Waals surface area contributed by atoms with Crippen LogP contribution in [0.25, 0.3) is 0 Å². The zero-order valence-electron chi connectivity index (χ0n) is 12.0. The van der Waals surface area contributed by atoms with E-state index in [2.05, 4.69) is 5.32 Å². The maximum absolute atomic E-state index is 12.5. The summed E-state index contributed by atoms with van der Waals surface area (Å²) in [4.78, 5) is 14.6. The van der Waals surface area contributed by atoms with Gasteiger partial charge in [-0.1, -0.05) is 6.07 Å². The number of carbonyl (C=O) groups excluding carboxylic acids is 1. The summed E-state index contributed by atoms with van der Waals surface area (Å²) in [6.07, 6.45) is 1.71. The maximum Gasteiger partial charge on any atom is 0.231 e. The molecule has 4 rings (SSSR count). The van der Waals surface area contributed by atoms with Crippen molar-refractivity contribution in [3.05, 3.63) is 23.8 Å². The molecular formula is C16H20N2O3. The minimum absolute atomic E-state index is 0.227. The second-order valence-electron chi connectivity index (χ2n) is 6.29. The predicted octanol–water partition coefficient (Wildman–Crippen LogP) is 1.03. The average Bonchev–Trinajstić information content (AvgIpc) is 2.94. The lowest BCUT2D eigenvalue weighted by Crippen LogP contribution is -2.53. The van der Waals surface area contributed by atoms with E-state index in [0.29, 0.717) is 18.3 Å². The Morgan fingerprint density at radius 2 is 1.95 bits per heavy atom. The SMILES string of the molecule is O=C(Cc1ccc2c(c1)OCO2)N1C[C@@H]2CNC[C@@H](C2)C1. The molecule has 1 aromatic rings. The Morgan fingerprint density at radius 3 is 2.76 bits per heavy atom. The third kappa shape index (κ3) is 2.58. The van der Waals surface area contributed by atoms with Crippen LogP contribution in [0.5, 0.6) is 11.5 Å². The van der Waals surface area contributed by atoms with E-state index in [-0.39, 0.29) is 12.7 Å². The van der Waals surface area contributed by atoms with Gasteiger partial charge >= 0.3 is 0 Å². The largest absolute Gasteiger partial charge is 0.454 e. The molecule has 3 heterocycles. The number of hydrogen-bond donors (Lipinski definition) is 1. The topological polar surface area (TPSA) is 50.8 Å². The molecule has 0 spiro atoms. The predicted molar refractivity (Wildman–Crippen MR) is 77.3 cm³/mol. The molecule has 3 aliphatic heterocycles. The summed E-state index contributed by atoms with van der Waals surface area (Å²) in [6.45, 7) is 4.16. The van der Waals surface area contributed by atoms with Crippen LogP contribution in [-0.2, 0) is 11.2 Å². The molecule has 21 heavy (non-hydrogen) atoms. The van der Waals surface area contributed by atoms with E-state index in [4.69, 9.17) is 9.47 Å². The first-order valence-corrected chi connectivity index (χ1v) is 7.65. The average molecular weight is 288 g/mol. The highest BCUT2D eigenvalue weighted by Crippen LogP contribution is 2.33. The second kappa shape index (κ2) is 5.22. The smallest absolute Gasteiger partial charge is 0.231 e. The van der Waals surface area contributed by atoms with Gasteiger partial charge in [0.2, 0.25) is 12.7 Å². The minimum Gasteiger partial charge on any atom is -0.454 e. The normalized spacial score (nSPS) is 26.8. The first-order valence-electron chi connectivity index (χ1n) is 7.65. The van der Waals surface area contributed by atoms with Crippen LogP contribution in [0.3, 0.4) is 0 Å². The van der Waals surface area contributed by atoms with Crippen LogP contribution < -0.4 is 14.8 Å². The van der Waals surface area contributed by atoms with E-state index in [0.717, 1.165) is 43.2 Å². The molecule has 112 valence electrons. The van der Waals surface area contributed by atoms with E-state index in [1.54, 1.807) is 0 Å². The van der Waals surface area contributed by atoms with E-state index >= 15 is 0 Å². The molecular weight excluding hydrogens is 268 g/mol. The van der Waals surface area contributed by atoms with Crippen molar-refractivity contribution in [1.82, 2.24) is 10.2 Å². The van der Waals surface area contributed by atoms with E-state index in [1.807, 2.05) is 23.1 Å². The summed E-state index contributed by atoms with van der Waals surface area (Å²) in [5, 5.41) is 3.46. The molecule has 2 saturated heterocycles. The number of nitrogens with one attached hydrogen (secondary N) is 1. The number of ether oxygens (including phenoxy) is 2. The van der Waals surface area contributed by atoms with Crippen molar-refractivity contribution in [2.24, 2.45) is 11.8 Å². The number of nitrogens with zero attached hydrogens (tertiary/aromatic N) is 1. The summed E-state index contributed by atoms with van der Waals surface area (Å²) >= 11 is 0. The summed E-state index contributed by atoms with van der Waals surface area (Å²) in [7, 11) is 0. The van der Waals surface area contributed by atoms with Crippen molar-refractivity contribution in [3.8, 4) is 11.5 Å². The van der Waals surface area contributed by atoms with Crippen molar-refractivity contribution in [1.29, 1.82) is 0 Å². The molecule has 1 aromatic carbocycles. The molecule has 0 radical (unpaired) electrons. The first-order chi connectivity index (χ1) is 10.3. The highest BCUT2D eigenvalue weighted by molar-refractivity contribution is 5.79. The zero-order chi connectivity index (χ0) is 14.2. The summed E-state index contributed by atoms with van der Waals surface area (Å²) in [5.74, 6) is 2.99. The van der Waals surface area contributed by atoms with Crippen LogP contribution in [0, 0.1) is 11.8 Å². The fraction of sp³-hybridized carbons (Fsp3) is 0.562. The van der Waals surface area contributed by atoms with Crippen LogP contribution >= 0.6 is 0 Å². The number of likely N-dealkylation sites (tertiary alicyclic amines) is 1. The Labute approximate surface area is 124 Å². The molecule has 0 saturated carbocycles. The first kappa shape index (κ1) is 13.0. The van der Waals surface area contributed by atoms with Crippen molar-refractivity contribution in [2.75, 3.05) is 33.0 Å². The number of benzene rings is 1.